The lowest BCUT2D eigenvalue weighted by atomic mass is 9.66. The summed E-state index contributed by atoms with van der Waals surface area (Å²) >= 11 is 0. The lowest BCUT2D eigenvalue weighted by Gasteiger charge is -2.61. The number of nitrogens with one attached hydrogen (secondary N) is 1. The number of hydrogen-bond acceptors (Lipinski definition) is 2. The Morgan fingerprint density at radius 3 is 2.67 bits per heavy atom. The van der Waals surface area contributed by atoms with Crippen LogP contribution in [-0.2, 0) is 28.1 Å². The summed E-state index contributed by atoms with van der Waals surface area (Å²) in [5.41, 5.74) is 4.35. The first kappa shape index (κ1) is 16.6. The molecule has 0 unspecified atom stereocenters. The summed E-state index contributed by atoms with van der Waals surface area (Å²) in [6.07, 6.45) is 0.454. The van der Waals surface area contributed by atoms with E-state index in [1.165, 1.54) is 16.6 Å². The number of aromatic nitrogens is 1. The van der Waals surface area contributed by atoms with Gasteiger partial charge in [0.2, 0.25) is 0 Å². The number of hydrogen-bond donors (Lipinski definition) is 1. The second-order valence-electron chi connectivity index (χ2n) is 7.92. The number of benzene rings is 2. The monoisotopic (exact) mass is 360 g/mol. The van der Waals surface area contributed by atoms with Crippen LogP contribution in [0, 0.1) is 5.92 Å². The number of β-lactam (4-membered cyclic amide) rings is 1. The van der Waals surface area contributed by atoms with Gasteiger partial charge in [0.1, 0.15) is 5.54 Å². The van der Waals surface area contributed by atoms with Crippen LogP contribution in [0.1, 0.15) is 30.7 Å². The molecule has 1 amide bonds. The number of fused-ring (bicyclic) bond motifs is 5. The summed E-state index contributed by atoms with van der Waals surface area (Å²) in [7, 11) is 0. The van der Waals surface area contributed by atoms with Gasteiger partial charge in [-0.25, -0.2) is 0 Å². The molecule has 1 aromatic heterocycles. The molecule has 3 aromatic rings. The van der Waals surface area contributed by atoms with Crippen LogP contribution in [0.25, 0.3) is 10.9 Å². The summed E-state index contributed by atoms with van der Waals surface area (Å²) in [5.74, 6) is 0.368. The fraction of sp³-hybridized carbons (Fsp3) is 0.348. The maximum atomic E-state index is 12.9. The van der Waals surface area contributed by atoms with Crippen LogP contribution < -0.4 is 0 Å². The molecule has 1 fully saturated rings. The Kier molecular flexibility index (Phi) is 3.66. The first-order valence-corrected chi connectivity index (χ1v) is 9.71. The molecule has 0 bridgehead atoms. The number of carbonyl (C=O) groups excluding carboxylic acids is 1. The Morgan fingerprint density at radius 1 is 1.15 bits per heavy atom. The van der Waals surface area contributed by atoms with Crippen LogP contribution in [0.4, 0.5) is 0 Å². The van der Waals surface area contributed by atoms with Gasteiger partial charge >= 0.3 is 0 Å². The van der Waals surface area contributed by atoms with Crippen LogP contribution in [0.15, 0.2) is 54.6 Å². The third kappa shape index (κ3) is 2.16. The number of H-pyrrole nitrogens is 1. The number of amides is 1. The molecule has 2 aliphatic heterocycles. The predicted octanol–water partition coefficient (Wildman–Crippen LogP) is 4.00. The zero-order valence-electron chi connectivity index (χ0n) is 15.7. The molecule has 27 heavy (non-hydrogen) atoms. The SMILES string of the molecule is CC(C)[C@@]12c3[nH]c4ccccc4c3CCN1C(=O)[C@H]2OCc1ccccc1. The number of aromatic amines is 1. The predicted molar refractivity (Wildman–Crippen MR) is 105 cm³/mol. The van der Waals surface area contributed by atoms with Crippen LogP contribution in [-0.4, -0.2) is 28.4 Å². The lowest BCUT2D eigenvalue weighted by Crippen LogP contribution is -2.76. The summed E-state index contributed by atoms with van der Waals surface area (Å²) in [6.45, 7) is 5.60. The largest absolute Gasteiger partial charge is 0.361 e. The molecule has 138 valence electrons. The minimum absolute atomic E-state index is 0.115. The highest BCUT2D eigenvalue weighted by Crippen LogP contribution is 2.53. The molecule has 2 aromatic carbocycles. The zero-order chi connectivity index (χ0) is 18.6. The van der Waals surface area contributed by atoms with E-state index in [0.29, 0.717) is 6.61 Å². The number of ether oxygens (including phenoxy) is 1. The first-order chi connectivity index (χ1) is 13.1. The van der Waals surface area contributed by atoms with E-state index in [9.17, 15) is 4.79 Å². The molecule has 5 rings (SSSR count). The molecule has 0 aliphatic carbocycles. The van der Waals surface area contributed by atoms with Gasteiger partial charge in [-0.15, -0.1) is 0 Å². The molecular weight excluding hydrogens is 336 g/mol. The van der Waals surface area contributed by atoms with Gasteiger partial charge in [-0.2, -0.15) is 0 Å². The van der Waals surface area contributed by atoms with Crippen LogP contribution >= 0.6 is 0 Å². The summed E-state index contributed by atoms with van der Waals surface area (Å²) in [4.78, 5) is 18.6. The molecule has 1 saturated heterocycles. The highest BCUT2D eigenvalue weighted by molar-refractivity contribution is 5.94. The van der Waals surface area contributed by atoms with E-state index in [1.54, 1.807) is 0 Å². The van der Waals surface area contributed by atoms with Crippen molar-refractivity contribution >= 4 is 16.8 Å². The average molecular weight is 360 g/mol. The molecule has 1 N–H and O–H groups in total. The Labute approximate surface area is 159 Å². The molecule has 0 radical (unpaired) electrons. The average Bonchev–Trinajstić information content (AvgIpc) is 3.06. The third-order valence-electron chi connectivity index (χ3n) is 6.28. The third-order valence-corrected chi connectivity index (χ3v) is 6.28. The van der Waals surface area contributed by atoms with Gasteiger partial charge in [-0.1, -0.05) is 62.4 Å². The minimum atomic E-state index is -0.440. The van der Waals surface area contributed by atoms with E-state index >= 15 is 0 Å². The van der Waals surface area contributed by atoms with Gasteiger partial charge < -0.3 is 14.6 Å². The molecule has 4 nitrogen and oxygen atoms in total. The second-order valence-corrected chi connectivity index (χ2v) is 7.92. The van der Waals surface area contributed by atoms with E-state index in [2.05, 4.69) is 43.1 Å². The Hall–Kier alpha value is -2.59. The highest BCUT2D eigenvalue weighted by atomic mass is 16.5. The van der Waals surface area contributed by atoms with E-state index < -0.39 is 11.6 Å². The van der Waals surface area contributed by atoms with Crippen molar-refractivity contribution in [2.45, 2.75) is 38.5 Å². The van der Waals surface area contributed by atoms with Gasteiger partial charge in [0.15, 0.2) is 6.10 Å². The molecule has 4 heteroatoms. The standard InChI is InChI=1S/C23H24N2O2/c1-15(2)23-20-18(17-10-6-7-11-19(17)24-20)12-13-25(23)22(26)21(23)27-14-16-8-4-3-5-9-16/h3-11,15,21,24H,12-14H2,1-2H3/t21-,23+/m1/s1. The fourth-order valence-electron chi connectivity index (χ4n) is 5.03. The van der Waals surface area contributed by atoms with E-state index in [4.69, 9.17) is 4.74 Å². The van der Waals surface area contributed by atoms with Gasteiger partial charge in [0.05, 0.1) is 6.61 Å². The van der Waals surface area contributed by atoms with Crippen molar-refractivity contribution in [3.8, 4) is 0 Å². The minimum Gasteiger partial charge on any atom is -0.361 e. The van der Waals surface area contributed by atoms with E-state index in [0.717, 1.165) is 24.0 Å². The summed E-state index contributed by atoms with van der Waals surface area (Å²) in [6, 6.07) is 18.5. The van der Waals surface area contributed by atoms with E-state index in [1.807, 2.05) is 35.2 Å². The normalized spacial score (nSPS) is 24.0. The first-order valence-electron chi connectivity index (χ1n) is 9.71. The second kappa shape index (κ2) is 5.96. The van der Waals surface area contributed by atoms with Crippen molar-refractivity contribution in [1.29, 1.82) is 0 Å². The van der Waals surface area contributed by atoms with Crippen LogP contribution in [0.2, 0.25) is 0 Å². The molecule has 0 saturated carbocycles. The Bertz CT molecular complexity index is 1010. The van der Waals surface area contributed by atoms with Crippen molar-refractivity contribution in [3.05, 3.63) is 71.4 Å². The van der Waals surface area contributed by atoms with Gasteiger partial charge in [-0.3, -0.25) is 4.79 Å². The number of nitrogens with zero attached hydrogens (tertiary/aromatic N) is 1. The van der Waals surface area contributed by atoms with Gasteiger partial charge in [0, 0.05) is 23.1 Å². The molecule has 2 atom stereocenters. The Morgan fingerprint density at radius 2 is 1.89 bits per heavy atom. The highest BCUT2D eigenvalue weighted by Gasteiger charge is 2.66. The zero-order valence-corrected chi connectivity index (χ0v) is 15.7. The van der Waals surface area contributed by atoms with Crippen molar-refractivity contribution in [1.82, 2.24) is 9.88 Å². The fourth-order valence-corrected chi connectivity index (χ4v) is 5.03. The topological polar surface area (TPSA) is 45.3 Å². The molecule has 3 heterocycles. The quantitative estimate of drug-likeness (QED) is 0.715. The number of para-hydroxylation sites is 1. The smallest absolute Gasteiger partial charge is 0.255 e. The number of rotatable bonds is 4. The Balaban J connectivity index is 1.58. The van der Waals surface area contributed by atoms with Crippen molar-refractivity contribution in [2.75, 3.05) is 6.54 Å². The molecule has 2 aliphatic rings. The lowest BCUT2D eigenvalue weighted by molar-refractivity contribution is -0.212. The molecule has 0 spiro atoms. The van der Waals surface area contributed by atoms with Crippen LogP contribution in [0.5, 0.6) is 0 Å². The maximum Gasteiger partial charge on any atom is 0.255 e. The summed E-state index contributed by atoms with van der Waals surface area (Å²) in [5, 5.41) is 1.27. The van der Waals surface area contributed by atoms with Gasteiger partial charge in [-0.05, 0) is 29.5 Å². The summed E-state index contributed by atoms with van der Waals surface area (Å²) < 4.78 is 6.25. The van der Waals surface area contributed by atoms with Gasteiger partial charge in [0.25, 0.3) is 5.91 Å². The van der Waals surface area contributed by atoms with Crippen molar-refractivity contribution in [3.63, 3.8) is 0 Å². The van der Waals surface area contributed by atoms with Crippen molar-refractivity contribution in [2.24, 2.45) is 5.92 Å². The number of carbonyl (C=O) groups is 1. The maximum absolute atomic E-state index is 12.9. The van der Waals surface area contributed by atoms with Crippen molar-refractivity contribution < 1.29 is 9.53 Å². The van der Waals surface area contributed by atoms with E-state index in [-0.39, 0.29) is 11.8 Å². The molecular formula is C23H24N2O2. The van der Waals surface area contributed by atoms with Crippen LogP contribution in [0.3, 0.4) is 0 Å².